The van der Waals surface area contributed by atoms with Gasteiger partial charge in [-0.05, 0) is 20.8 Å². The molecule has 1 unspecified atom stereocenters. The lowest BCUT2D eigenvalue weighted by Gasteiger charge is -2.39. The lowest BCUT2D eigenvalue weighted by molar-refractivity contribution is -0.129. The van der Waals surface area contributed by atoms with Crippen molar-refractivity contribution < 1.29 is 4.74 Å². The van der Waals surface area contributed by atoms with Gasteiger partial charge in [-0.25, -0.2) is 5.01 Å². The number of nitrogens with zero attached hydrogens (tertiary/aromatic N) is 1. The summed E-state index contributed by atoms with van der Waals surface area (Å²) in [6, 6.07) is 0. The Kier molecular flexibility index (Phi) is 1.99. The molecule has 60 valence electrons. The van der Waals surface area contributed by atoms with Gasteiger partial charge in [-0.3, -0.25) is 5.84 Å². The Hall–Kier alpha value is -0.120. The number of ether oxygens (including phenoxy) is 1. The molecule has 0 spiro atoms. The molecule has 3 heteroatoms. The topological polar surface area (TPSA) is 38.5 Å². The highest BCUT2D eigenvalue weighted by atomic mass is 16.5. The van der Waals surface area contributed by atoms with Crippen LogP contribution in [0.1, 0.15) is 20.8 Å². The Morgan fingerprint density at radius 3 is 2.60 bits per heavy atom. The number of nitrogens with two attached hydrogens (primary N) is 1. The second kappa shape index (κ2) is 2.49. The summed E-state index contributed by atoms with van der Waals surface area (Å²) >= 11 is 0. The quantitative estimate of drug-likeness (QED) is 0.499. The van der Waals surface area contributed by atoms with Crippen molar-refractivity contribution in [2.75, 3.05) is 13.1 Å². The van der Waals surface area contributed by atoms with Gasteiger partial charge in [0.15, 0.2) is 0 Å². The van der Waals surface area contributed by atoms with E-state index in [4.69, 9.17) is 10.6 Å². The normalized spacial score (nSPS) is 34.2. The first-order chi connectivity index (χ1) is 4.49. The summed E-state index contributed by atoms with van der Waals surface area (Å²) in [6.45, 7) is 7.81. The van der Waals surface area contributed by atoms with Crippen molar-refractivity contribution in [1.82, 2.24) is 5.01 Å². The van der Waals surface area contributed by atoms with Crippen molar-refractivity contribution in [1.29, 1.82) is 0 Å². The molecule has 0 saturated carbocycles. The zero-order chi connectivity index (χ0) is 7.78. The molecule has 1 saturated heterocycles. The Balaban J connectivity index is 2.51. The van der Waals surface area contributed by atoms with Crippen LogP contribution in [0.15, 0.2) is 0 Å². The maximum absolute atomic E-state index is 5.65. The number of hydrogen-bond donors (Lipinski definition) is 1. The molecule has 0 radical (unpaired) electrons. The fourth-order valence-electron chi connectivity index (χ4n) is 1.50. The third kappa shape index (κ3) is 1.94. The molecule has 0 amide bonds. The van der Waals surface area contributed by atoms with Gasteiger partial charge in [0.2, 0.25) is 0 Å². The van der Waals surface area contributed by atoms with E-state index >= 15 is 0 Å². The highest BCUT2D eigenvalue weighted by Crippen LogP contribution is 2.17. The number of hydrazine groups is 1. The van der Waals surface area contributed by atoms with E-state index in [2.05, 4.69) is 13.8 Å². The van der Waals surface area contributed by atoms with E-state index in [-0.39, 0.29) is 11.7 Å². The SMILES string of the molecule is CC1CN(N)CC(C)(C)O1. The van der Waals surface area contributed by atoms with Crippen LogP contribution in [0.5, 0.6) is 0 Å². The van der Waals surface area contributed by atoms with Gasteiger partial charge < -0.3 is 4.74 Å². The van der Waals surface area contributed by atoms with E-state index in [0.29, 0.717) is 0 Å². The Morgan fingerprint density at radius 1 is 1.60 bits per heavy atom. The van der Waals surface area contributed by atoms with Crippen molar-refractivity contribution in [3.05, 3.63) is 0 Å². The highest BCUT2D eigenvalue weighted by Gasteiger charge is 2.29. The molecule has 1 rings (SSSR count). The van der Waals surface area contributed by atoms with Crippen molar-refractivity contribution >= 4 is 0 Å². The summed E-state index contributed by atoms with van der Waals surface area (Å²) in [6.07, 6.45) is 0.258. The van der Waals surface area contributed by atoms with Crippen LogP contribution in [0.25, 0.3) is 0 Å². The molecule has 1 atom stereocenters. The monoisotopic (exact) mass is 144 g/mol. The zero-order valence-corrected chi connectivity index (χ0v) is 6.92. The molecule has 1 heterocycles. The van der Waals surface area contributed by atoms with Gasteiger partial charge in [-0.2, -0.15) is 0 Å². The first-order valence-corrected chi connectivity index (χ1v) is 3.67. The van der Waals surface area contributed by atoms with E-state index in [1.165, 1.54) is 0 Å². The predicted molar refractivity (Wildman–Crippen MR) is 40.4 cm³/mol. The minimum absolute atomic E-state index is 0.0770. The van der Waals surface area contributed by atoms with Gasteiger partial charge in [0, 0.05) is 13.1 Å². The molecule has 1 fully saturated rings. The molecule has 10 heavy (non-hydrogen) atoms. The van der Waals surface area contributed by atoms with E-state index in [1.807, 2.05) is 11.9 Å². The molecule has 0 aromatic rings. The largest absolute Gasteiger partial charge is 0.370 e. The van der Waals surface area contributed by atoms with Gasteiger partial charge in [-0.1, -0.05) is 0 Å². The molecule has 3 nitrogen and oxygen atoms in total. The molecule has 0 aromatic carbocycles. The second-order valence-corrected chi connectivity index (χ2v) is 3.62. The maximum atomic E-state index is 5.65. The summed E-state index contributed by atoms with van der Waals surface area (Å²) < 4.78 is 5.62. The zero-order valence-electron chi connectivity index (χ0n) is 6.92. The van der Waals surface area contributed by atoms with Gasteiger partial charge in [0.25, 0.3) is 0 Å². The first-order valence-electron chi connectivity index (χ1n) is 3.67. The van der Waals surface area contributed by atoms with Crippen molar-refractivity contribution in [2.24, 2.45) is 5.84 Å². The van der Waals surface area contributed by atoms with Crippen LogP contribution in [-0.4, -0.2) is 29.8 Å². The summed E-state index contributed by atoms with van der Waals surface area (Å²) in [5.41, 5.74) is -0.0770. The van der Waals surface area contributed by atoms with E-state index < -0.39 is 0 Å². The average Bonchev–Trinajstić information content (AvgIpc) is 1.54. The van der Waals surface area contributed by atoms with Crippen LogP contribution in [0, 0.1) is 0 Å². The summed E-state index contributed by atoms with van der Waals surface area (Å²) in [5.74, 6) is 5.65. The van der Waals surface area contributed by atoms with Crippen molar-refractivity contribution in [3.63, 3.8) is 0 Å². The van der Waals surface area contributed by atoms with Gasteiger partial charge in [0.05, 0.1) is 11.7 Å². The van der Waals surface area contributed by atoms with Crippen molar-refractivity contribution in [3.8, 4) is 0 Å². The molecule has 2 N–H and O–H groups in total. The Morgan fingerprint density at radius 2 is 2.20 bits per heavy atom. The molecule has 0 bridgehead atoms. The summed E-state index contributed by atoms with van der Waals surface area (Å²) in [4.78, 5) is 0. The second-order valence-electron chi connectivity index (χ2n) is 3.62. The van der Waals surface area contributed by atoms with Crippen molar-refractivity contribution in [2.45, 2.75) is 32.5 Å². The van der Waals surface area contributed by atoms with Crippen LogP contribution in [0.3, 0.4) is 0 Å². The number of rotatable bonds is 0. The molecule has 1 aliphatic heterocycles. The Labute approximate surface area is 62.1 Å². The minimum atomic E-state index is -0.0770. The smallest absolute Gasteiger partial charge is 0.0771 e. The van der Waals surface area contributed by atoms with Gasteiger partial charge in [-0.15, -0.1) is 0 Å². The maximum Gasteiger partial charge on any atom is 0.0771 e. The lowest BCUT2D eigenvalue weighted by atomic mass is 10.1. The minimum Gasteiger partial charge on any atom is -0.370 e. The fourth-order valence-corrected chi connectivity index (χ4v) is 1.50. The lowest BCUT2D eigenvalue weighted by Crippen LogP contribution is -2.54. The molecular weight excluding hydrogens is 128 g/mol. The van der Waals surface area contributed by atoms with Gasteiger partial charge in [0.1, 0.15) is 0 Å². The summed E-state index contributed by atoms with van der Waals surface area (Å²) in [7, 11) is 0. The van der Waals surface area contributed by atoms with Crippen LogP contribution in [0.2, 0.25) is 0 Å². The molecular formula is C7H16N2O. The molecule has 0 aliphatic carbocycles. The first kappa shape index (κ1) is 7.98. The molecule has 1 aliphatic rings. The third-order valence-corrected chi connectivity index (χ3v) is 1.60. The van der Waals surface area contributed by atoms with Crippen LogP contribution >= 0.6 is 0 Å². The number of morpholine rings is 1. The summed E-state index contributed by atoms with van der Waals surface area (Å²) in [5, 5.41) is 1.81. The Bertz CT molecular complexity index is 113. The molecule has 0 aromatic heterocycles. The van der Waals surface area contributed by atoms with Crippen LogP contribution in [-0.2, 0) is 4.74 Å². The standard InChI is InChI=1S/C7H16N2O/c1-6-4-9(8)5-7(2,3)10-6/h6H,4-5,8H2,1-3H3. The predicted octanol–water partition coefficient (Wildman–Crippen LogP) is 0.359. The number of hydrogen-bond acceptors (Lipinski definition) is 3. The van der Waals surface area contributed by atoms with Gasteiger partial charge >= 0.3 is 0 Å². The highest BCUT2D eigenvalue weighted by molar-refractivity contribution is 4.79. The van der Waals surface area contributed by atoms with E-state index in [0.717, 1.165) is 13.1 Å². The third-order valence-electron chi connectivity index (χ3n) is 1.60. The van der Waals surface area contributed by atoms with Crippen LogP contribution in [0.4, 0.5) is 0 Å². The average molecular weight is 144 g/mol. The van der Waals surface area contributed by atoms with E-state index in [1.54, 1.807) is 0 Å². The fraction of sp³-hybridized carbons (Fsp3) is 1.00. The van der Waals surface area contributed by atoms with E-state index in [9.17, 15) is 0 Å². The van der Waals surface area contributed by atoms with Crippen LogP contribution < -0.4 is 5.84 Å².